The molecule has 0 unspecified atom stereocenters. The van der Waals surface area contributed by atoms with Crippen molar-refractivity contribution in [3.63, 3.8) is 0 Å². The SMILES string of the molecule is COC(=O)[C@H](CCSC)N(C/C=C(\C)CC/C=C(\C)CCC=C(C)C)C(=O)[C@H](Cc1ccccc1)NC(=O)[C@@H](NC(=O)[C@@H](N)CS)C(C)C. The van der Waals surface area contributed by atoms with Crippen molar-refractivity contribution >= 4 is 48.1 Å². The first-order valence-corrected chi connectivity index (χ1v) is 19.1. The maximum absolute atomic E-state index is 14.6. The Morgan fingerprint density at radius 3 is 2.10 bits per heavy atom. The molecule has 4 atom stereocenters. The standard InChI is InChI=1S/C38H60N4O5S2/c1-26(2)14-12-15-28(5)16-13-17-29(6)20-22-42(33(21-23-49-8)38(46)47-7)37(45)32(24-30-18-10-9-11-19-30)40-36(44)34(27(3)4)41-35(43)31(39)25-48/h9-11,14,16,18-20,27,31-34,48H,12-13,15,17,21-25,39H2,1-8H3,(H,40,44)(H,41,43)/b28-16+,29-20+/t31-,32-,33-,34-/m0/s1. The summed E-state index contributed by atoms with van der Waals surface area (Å²) in [7, 11) is 1.32. The molecule has 0 aliphatic heterocycles. The number of thioether (sulfide) groups is 1. The highest BCUT2D eigenvalue weighted by Gasteiger charge is 2.36. The van der Waals surface area contributed by atoms with E-state index in [0.29, 0.717) is 12.2 Å². The summed E-state index contributed by atoms with van der Waals surface area (Å²) in [5.74, 6) is -1.48. The Kier molecular flexibility index (Phi) is 21.7. The van der Waals surface area contributed by atoms with E-state index in [4.69, 9.17) is 10.5 Å². The number of methoxy groups -OCH3 is 1. The quantitative estimate of drug-likeness (QED) is 0.0693. The van der Waals surface area contributed by atoms with Crippen LogP contribution in [0.4, 0.5) is 0 Å². The van der Waals surface area contributed by atoms with E-state index in [1.165, 1.54) is 23.2 Å². The van der Waals surface area contributed by atoms with E-state index in [-0.39, 0.29) is 24.6 Å². The Morgan fingerprint density at radius 1 is 0.939 bits per heavy atom. The molecule has 0 saturated carbocycles. The molecule has 0 aliphatic rings. The zero-order valence-corrected chi connectivity index (χ0v) is 32.5. The maximum atomic E-state index is 14.6. The van der Waals surface area contributed by atoms with Gasteiger partial charge in [0.15, 0.2) is 0 Å². The van der Waals surface area contributed by atoms with Crippen LogP contribution in [0.5, 0.6) is 0 Å². The van der Waals surface area contributed by atoms with Gasteiger partial charge < -0.3 is 26.0 Å². The van der Waals surface area contributed by atoms with Crippen LogP contribution in [-0.2, 0) is 30.3 Å². The Labute approximate surface area is 304 Å². The average Bonchev–Trinajstić information content (AvgIpc) is 3.07. The molecule has 4 N–H and O–H groups in total. The van der Waals surface area contributed by atoms with Crippen LogP contribution in [0, 0.1) is 5.92 Å². The minimum atomic E-state index is -1.02. The van der Waals surface area contributed by atoms with Gasteiger partial charge in [-0.1, -0.05) is 79.1 Å². The molecule has 274 valence electrons. The molecule has 9 nitrogen and oxygen atoms in total. The number of nitrogens with two attached hydrogens (primary N) is 1. The van der Waals surface area contributed by atoms with E-state index >= 15 is 0 Å². The minimum absolute atomic E-state index is 0.117. The number of amides is 3. The molecule has 0 fully saturated rings. The zero-order chi connectivity index (χ0) is 36.9. The maximum Gasteiger partial charge on any atom is 0.328 e. The fraction of sp³-hybridized carbons (Fsp3) is 0.579. The van der Waals surface area contributed by atoms with E-state index in [1.807, 2.05) is 49.6 Å². The lowest BCUT2D eigenvalue weighted by Gasteiger charge is -2.33. The first-order valence-electron chi connectivity index (χ1n) is 17.1. The smallest absolute Gasteiger partial charge is 0.328 e. The molecule has 3 amide bonds. The summed E-state index contributed by atoms with van der Waals surface area (Å²) < 4.78 is 5.18. The van der Waals surface area contributed by atoms with Crippen molar-refractivity contribution in [1.82, 2.24) is 15.5 Å². The van der Waals surface area contributed by atoms with Crippen molar-refractivity contribution < 1.29 is 23.9 Å². The highest BCUT2D eigenvalue weighted by molar-refractivity contribution is 7.98. The van der Waals surface area contributed by atoms with Crippen molar-refractivity contribution in [3.05, 3.63) is 70.8 Å². The predicted molar refractivity (Wildman–Crippen MR) is 207 cm³/mol. The first-order chi connectivity index (χ1) is 23.2. The molecule has 1 aromatic rings. The van der Waals surface area contributed by atoms with E-state index < -0.39 is 47.9 Å². The molecule has 1 aromatic carbocycles. The highest BCUT2D eigenvalue weighted by atomic mass is 32.2. The van der Waals surface area contributed by atoms with Gasteiger partial charge in [-0.25, -0.2) is 4.79 Å². The second kappa shape index (κ2) is 24.2. The van der Waals surface area contributed by atoms with Crippen molar-refractivity contribution in [2.75, 3.05) is 31.4 Å². The largest absolute Gasteiger partial charge is 0.467 e. The monoisotopic (exact) mass is 716 g/mol. The Morgan fingerprint density at radius 2 is 1.55 bits per heavy atom. The lowest BCUT2D eigenvalue weighted by molar-refractivity contribution is -0.153. The van der Waals surface area contributed by atoms with E-state index in [0.717, 1.165) is 36.8 Å². The number of nitrogens with zero attached hydrogens (tertiary/aromatic N) is 1. The number of hydrogen-bond acceptors (Lipinski definition) is 8. The van der Waals surface area contributed by atoms with Crippen molar-refractivity contribution in [2.24, 2.45) is 11.7 Å². The average molecular weight is 717 g/mol. The third-order valence-electron chi connectivity index (χ3n) is 8.16. The number of thiol groups is 1. The molecule has 0 aliphatic carbocycles. The number of esters is 1. The predicted octanol–water partition coefficient (Wildman–Crippen LogP) is 5.65. The second-order valence-corrected chi connectivity index (χ2v) is 14.4. The molecule has 0 aromatic heterocycles. The zero-order valence-electron chi connectivity index (χ0n) is 30.8. The summed E-state index contributed by atoms with van der Waals surface area (Å²) in [5.41, 5.74) is 10.4. The summed E-state index contributed by atoms with van der Waals surface area (Å²) in [6, 6.07) is 5.68. The summed E-state index contributed by atoms with van der Waals surface area (Å²) in [6.07, 6.45) is 12.7. The summed E-state index contributed by atoms with van der Waals surface area (Å²) in [4.78, 5) is 55.7. The number of nitrogens with one attached hydrogen (secondary N) is 2. The van der Waals surface area contributed by atoms with Crippen LogP contribution in [0.15, 0.2) is 65.3 Å². The molecular weight excluding hydrogens is 657 g/mol. The van der Waals surface area contributed by atoms with Crippen LogP contribution in [0.25, 0.3) is 0 Å². The highest BCUT2D eigenvalue weighted by Crippen LogP contribution is 2.17. The number of benzene rings is 1. The van der Waals surface area contributed by atoms with E-state index in [9.17, 15) is 19.2 Å². The number of carbonyl (C=O) groups is 4. The van der Waals surface area contributed by atoms with Gasteiger partial charge >= 0.3 is 5.97 Å². The summed E-state index contributed by atoms with van der Waals surface area (Å²) in [6.45, 7) is 12.2. The van der Waals surface area contributed by atoms with Gasteiger partial charge in [0.05, 0.1) is 13.2 Å². The summed E-state index contributed by atoms with van der Waals surface area (Å²) >= 11 is 5.68. The number of carbonyl (C=O) groups excluding carboxylic acids is 4. The molecule has 1 rings (SSSR count). The molecule has 0 spiro atoms. The van der Waals surface area contributed by atoms with Crippen LogP contribution in [0.3, 0.4) is 0 Å². The normalized spacial score (nSPS) is 14.3. The Hall–Kier alpha value is -3.02. The lowest BCUT2D eigenvalue weighted by Crippen LogP contribution is -2.59. The fourth-order valence-corrected chi connectivity index (χ4v) is 5.74. The number of hydrogen-bond donors (Lipinski definition) is 4. The topological polar surface area (TPSA) is 131 Å². The molecule has 0 saturated heterocycles. The fourth-order valence-electron chi connectivity index (χ4n) is 5.12. The Bertz CT molecular complexity index is 1280. The molecule has 0 radical (unpaired) electrons. The van der Waals surface area contributed by atoms with Gasteiger partial charge in [0, 0.05) is 18.7 Å². The molecule has 11 heteroatoms. The van der Waals surface area contributed by atoms with Gasteiger partial charge in [0.2, 0.25) is 17.7 Å². The van der Waals surface area contributed by atoms with E-state index in [2.05, 4.69) is 56.2 Å². The molecular formula is C38H60N4O5S2. The van der Waals surface area contributed by atoms with Crippen molar-refractivity contribution in [3.8, 4) is 0 Å². The number of rotatable bonds is 22. The van der Waals surface area contributed by atoms with Gasteiger partial charge in [-0.15, -0.1) is 0 Å². The second-order valence-electron chi connectivity index (χ2n) is 13.0. The molecule has 0 bridgehead atoms. The van der Waals surface area contributed by atoms with Crippen LogP contribution in [0.2, 0.25) is 0 Å². The minimum Gasteiger partial charge on any atom is -0.467 e. The van der Waals surface area contributed by atoms with Crippen LogP contribution in [0.1, 0.15) is 79.2 Å². The third kappa shape index (κ3) is 17.0. The van der Waals surface area contributed by atoms with Crippen LogP contribution >= 0.6 is 24.4 Å². The van der Waals surface area contributed by atoms with Gasteiger partial charge in [-0.2, -0.15) is 24.4 Å². The van der Waals surface area contributed by atoms with E-state index in [1.54, 1.807) is 25.6 Å². The van der Waals surface area contributed by atoms with Gasteiger partial charge in [-0.05, 0) is 83.3 Å². The lowest BCUT2D eigenvalue weighted by atomic mass is 9.99. The number of ether oxygens (including phenoxy) is 1. The molecule has 49 heavy (non-hydrogen) atoms. The number of allylic oxidation sites excluding steroid dienone is 5. The first kappa shape index (κ1) is 44.0. The van der Waals surface area contributed by atoms with Crippen molar-refractivity contribution in [2.45, 2.75) is 104 Å². The van der Waals surface area contributed by atoms with Gasteiger partial charge in [0.25, 0.3) is 0 Å². The van der Waals surface area contributed by atoms with Crippen LogP contribution < -0.4 is 16.4 Å². The third-order valence-corrected chi connectivity index (χ3v) is 9.20. The molecule has 0 heterocycles. The van der Waals surface area contributed by atoms with Crippen LogP contribution in [-0.4, -0.2) is 84.2 Å². The van der Waals surface area contributed by atoms with Gasteiger partial charge in [-0.3, -0.25) is 14.4 Å². The van der Waals surface area contributed by atoms with Crippen molar-refractivity contribution in [1.29, 1.82) is 0 Å². The van der Waals surface area contributed by atoms with Gasteiger partial charge in [0.1, 0.15) is 18.1 Å². The Balaban J connectivity index is 3.44. The summed E-state index contributed by atoms with van der Waals surface area (Å²) in [5, 5.41) is 5.64.